The van der Waals surface area contributed by atoms with Gasteiger partial charge in [-0.3, -0.25) is 9.36 Å². The lowest BCUT2D eigenvalue weighted by atomic mass is 9.81. The summed E-state index contributed by atoms with van der Waals surface area (Å²) in [5, 5.41) is 0. The molecule has 1 unspecified atom stereocenters. The first-order valence-electron chi connectivity index (χ1n) is 9.75. The molecule has 0 bridgehead atoms. The average Bonchev–Trinajstić information content (AvgIpc) is 3.40. The summed E-state index contributed by atoms with van der Waals surface area (Å²) in [5.41, 5.74) is 1.30. The fraction of sp³-hybridized carbons (Fsp3) is 0.333. The van der Waals surface area contributed by atoms with Gasteiger partial charge in [0.2, 0.25) is 15.9 Å². The predicted molar refractivity (Wildman–Crippen MR) is 113 cm³/mol. The van der Waals surface area contributed by atoms with E-state index in [0.29, 0.717) is 17.7 Å². The van der Waals surface area contributed by atoms with Crippen molar-refractivity contribution in [3.8, 4) is 5.75 Å². The maximum absolute atomic E-state index is 13.4. The highest BCUT2D eigenvalue weighted by atomic mass is 32.2. The number of oxazole rings is 1. The van der Waals surface area contributed by atoms with Crippen molar-refractivity contribution in [1.29, 1.82) is 0 Å². The van der Waals surface area contributed by atoms with Crippen molar-refractivity contribution in [2.24, 2.45) is 7.05 Å². The number of nitrogens with zero attached hydrogens (tertiary/aromatic N) is 3. The quantitative estimate of drug-likeness (QED) is 0.607. The predicted octanol–water partition coefficient (Wildman–Crippen LogP) is 1.45. The Labute approximate surface area is 178 Å². The first-order valence-corrected chi connectivity index (χ1v) is 11.2. The molecule has 5 rings (SSSR count). The number of fused-ring (bicyclic) bond motifs is 3. The molecule has 2 aromatic carbocycles. The van der Waals surface area contributed by atoms with Crippen LogP contribution in [0.4, 0.5) is 5.69 Å². The standard InChI is InChI=1S/C21H21N3O6S/c1-22-16-6-4-13(29-3)10-15(16)21(19(22)25)8-9-24(12-21)31(27,28)14-5-7-17-18(11-14)30-20(26)23(17)2/h4-7,10-11H,8-9,12H2,1-3H3. The van der Waals surface area contributed by atoms with Gasteiger partial charge in [-0.2, -0.15) is 4.31 Å². The lowest BCUT2D eigenvalue weighted by molar-refractivity contribution is -0.122. The van der Waals surface area contributed by atoms with E-state index in [1.807, 2.05) is 12.1 Å². The van der Waals surface area contributed by atoms with Gasteiger partial charge in [0.05, 0.1) is 22.9 Å². The van der Waals surface area contributed by atoms with Crippen LogP contribution < -0.4 is 15.4 Å². The number of likely N-dealkylation sites (N-methyl/N-ethyl adjacent to an activating group) is 1. The number of rotatable bonds is 3. The molecule has 3 heterocycles. The van der Waals surface area contributed by atoms with Crippen molar-refractivity contribution >= 4 is 32.7 Å². The molecule has 0 aliphatic carbocycles. The highest BCUT2D eigenvalue weighted by Gasteiger charge is 2.55. The second-order valence-corrected chi connectivity index (χ2v) is 9.91. The molecule has 31 heavy (non-hydrogen) atoms. The molecule has 162 valence electrons. The summed E-state index contributed by atoms with van der Waals surface area (Å²) in [6, 6.07) is 9.79. The maximum atomic E-state index is 13.4. The number of carbonyl (C=O) groups excluding carboxylic acids is 1. The van der Waals surface area contributed by atoms with E-state index in [0.717, 1.165) is 11.3 Å². The second kappa shape index (κ2) is 6.44. The Hall–Kier alpha value is -3.11. The summed E-state index contributed by atoms with van der Waals surface area (Å²) in [4.78, 5) is 26.6. The van der Waals surface area contributed by atoms with Gasteiger partial charge in [0.1, 0.15) is 5.75 Å². The third-order valence-electron chi connectivity index (χ3n) is 6.43. The van der Waals surface area contributed by atoms with Gasteiger partial charge in [0, 0.05) is 38.9 Å². The zero-order valence-electron chi connectivity index (χ0n) is 17.3. The molecule has 3 aromatic rings. The van der Waals surface area contributed by atoms with Crippen molar-refractivity contribution in [2.75, 3.05) is 32.1 Å². The van der Waals surface area contributed by atoms with Gasteiger partial charge in [-0.05, 0) is 42.3 Å². The van der Waals surface area contributed by atoms with Crippen LogP contribution in [0.3, 0.4) is 0 Å². The number of hydrogen-bond donors (Lipinski definition) is 0. The summed E-state index contributed by atoms with van der Waals surface area (Å²) < 4.78 is 39.9. The summed E-state index contributed by atoms with van der Waals surface area (Å²) in [7, 11) is 0.913. The number of methoxy groups -OCH3 is 1. The molecule has 1 fully saturated rings. The van der Waals surface area contributed by atoms with Crippen LogP contribution >= 0.6 is 0 Å². The van der Waals surface area contributed by atoms with Gasteiger partial charge < -0.3 is 14.1 Å². The van der Waals surface area contributed by atoms with Crippen molar-refractivity contribution in [3.05, 3.63) is 52.5 Å². The van der Waals surface area contributed by atoms with E-state index in [2.05, 4.69) is 0 Å². The minimum Gasteiger partial charge on any atom is -0.497 e. The number of ether oxygens (including phenoxy) is 1. The van der Waals surface area contributed by atoms with Crippen molar-refractivity contribution in [2.45, 2.75) is 16.7 Å². The molecule has 2 aliphatic heterocycles. The van der Waals surface area contributed by atoms with E-state index in [4.69, 9.17) is 9.15 Å². The van der Waals surface area contributed by atoms with Gasteiger partial charge in [0.15, 0.2) is 5.58 Å². The van der Waals surface area contributed by atoms with Crippen LogP contribution in [0.2, 0.25) is 0 Å². The molecule has 1 spiro atoms. The number of aromatic nitrogens is 1. The average molecular weight is 443 g/mol. The highest BCUT2D eigenvalue weighted by molar-refractivity contribution is 7.89. The summed E-state index contributed by atoms with van der Waals surface area (Å²) in [6.07, 6.45) is 0.373. The molecule has 9 nitrogen and oxygen atoms in total. The van der Waals surface area contributed by atoms with Crippen LogP contribution in [0, 0.1) is 0 Å². The Kier molecular flexibility index (Phi) is 4.12. The van der Waals surface area contributed by atoms with Crippen molar-refractivity contribution < 1.29 is 22.4 Å². The van der Waals surface area contributed by atoms with E-state index in [1.165, 1.54) is 21.0 Å². The van der Waals surface area contributed by atoms with Crippen LogP contribution in [0.15, 0.2) is 50.5 Å². The molecular formula is C21H21N3O6S. The van der Waals surface area contributed by atoms with E-state index in [1.54, 1.807) is 38.2 Å². The second-order valence-electron chi connectivity index (χ2n) is 7.97. The Morgan fingerprint density at radius 3 is 2.61 bits per heavy atom. The third kappa shape index (κ3) is 2.61. The minimum atomic E-state index is -3.90. The Morgan fingerprint density at radius 1 is 1.10 bits per heavy atom. The summed E-state index contributed by atoms with van der Waals surface area (Å²) in [5.74, 6) is -0.0696. The fourth-order valence-electron chi connectivity index (χ4n) is 4.66. The molecule has 1 aromatic heterocycles. The molecule has 1 atom stereocenters. The molecule has 10 heteroatoms. The normalized spacial score (nSPS) is 21.4. The number of carbonyl (C=O) groups is 1. The SMILES string of the molecule is COc1ccc2c(c1)C1(CCN(S(=O)(=O)c3ccc4c(c3)oc(=O)n4C)C1)C(=O)N2C. The van der Waals surface area contributed by atoms with Gasteiger partial charge in [0.25, 0.3) is 0 Å². The number of anilines is 1. The Morgan fingerprint density at radius 2 is 1.87 bits per heavy atom. The topological polar surface area (TPSA) is 102 Å². The molecule has 1 saturated heterocycles. The molecule has 2 aliphatic rings. The fourth-order valence-corrected chi connectivity index (χ4v) is 6.18. The third-order valence-corrected chi connectivity index (χ3v) is 8.27. The molecule has 0 N–H and O–H groups in total. The zero-order valence-corrected chi connectivity index (χ0v) is 18.1. The number of hydrogen-bond acceptors (Lipinski definition) is 6. The van der Waals surface area contributed by atoms with E-state index >= 15 is 0 Å². The Balaban J connectivity index is 1.55. The Bertz CT molecular complexity index is 1410. The van der Waals surface area contributed by atoms with E-state index in [9.17, 15) is 18.0 Å². The largest absolute Gasteiger partial charge is 0.497 e. The van der Waals surface area contributed by atoms with E-state index in [-0.39, 0.29) is 29.5 Å². The first-order chi connectivity index (χ1) is 14.7. The van der Waals surface area contributed by atoms with Crippen LogP contribution in [0.25, 0.3) is 11.1 Å². The van der Waals surface area contributed by atoms with Crippen molar-refractivity contribution in [3.63, 3.8) is 0 Å². The number of benzene rings is 2. The van der Waals surface area contributed by atoms with Gasteiger partial charge >= 0.3 is 5.76 Å². The number of aryl methyl sites for hydroxylation is 1. The zero-order chi connectivity index (χ0) is 22.1. The van der Waals surface area contributed by atoms with Crippen LogP contribution in [-0.2, 0) is 27.3 Å². The molecule has 0 radical (unpaired) electrons. The molecule has 0 saturated carbocycles. The number of sulfonamides is 1. The smallest absolute Gasteiger partial charge is 0.419 e. The van der Waals surface area contributed by atoms with Crippen LogP contribution in [0.5, 0.6) is 5.75 Å². The van der Waals surface area contributed by atoms with Gasteiger partial charge in [-0.1, -0.05) is 0 Å². The van der Waals surface area contributed by atoms with Gasteiger partial charge in [-0.25, -0.2) is 13.2 Å². The summed E-state index contributed by atoms with van der Waals surface area (Å²) in [6.45, 7) is 0.241. The lowest BCUT2D eigenvalue weighted by Gasteiger charge is -2.23. The maximum Gasteiger partial charge on any atom is 0.419 e. The van der Waals surface area contributed by atoms with E-state index < -0.39 is 21.2 Å². The minimum absolute atomic E-state index is 0.0241. The van der Waals surface area contributed by atoms with Gasteiger partial charge in [-0.15, -0.1) is 0 Å². The first kappa shape index (κ1) is 19.8. The highest BCUT2D eigenvalue weighted by Crippen LogP contribution is 2.48. The van der Waals surface area contributed by atoms with Crippen LogP contribution in [-0.4, -0.2) is 50.4 Å². The summed E-state index contributed by atoms with van der Waals surface area (Å²) >= 11 is 0. The lowest BCUT2D eigenvalue weighted by Crippen LogP contribution is -2.42. The van der Waals surface area contributed by atoms with Crippen LogP contribution in [0.1, 0.15) is 12.0 Å². The molecule has 1 amide bonds. The monoisotopic (exact) mass is 443 g/mol. The molecular weight excluding hydrogens is 422 g/mol. The number of amides is 1. The van der Waals surface area contributed by atoms with Crippen molar-refractivity contribution in [1.82, 2.24) is 8.87 Å².